The molecule has 0 saturated heterocycles. The third-order valence-corrected chi connectivity index (χ3v) is 5.36. The van der Waals surface area contributed by atoms with Crippen molar-refractivity contribution in [3.05, 3.63) is 101 Å². The monoisotopic (exact) mass is 474 g/mol. The maximum Gasteiger partial charge on any atom is 0.276 e. The molecular formula is C24H16ClFN6O2. The van der Waals surface area contributed by atoms with Crippen LogP contribution < -0.4 is 10.6 Å². The summed E-state index contributed by atoms with van der Waals surface area (Å²) in [6.45, 7) is 0. The number of para-hydroxylation sites is 1. The number of pyridine rings is 1. The Morgan fingerprint density at radius 1 is 1.00 bits per heavy atom. The van der Waals surface area contributed by atoms with Crippen LogP contribution in [0.2, 0.25) is 5.02 Å². The Bertz CT molecular complexity index is 1530. The molecule has 34 heavy (non-hydrogen) atoms. The van der Waals surface area contributed by atoms with E-state index in [0.29, 0.717) is 11.3 Å². The molecule has 0 aliphatic carbocycles. The maximum absolute atomic E-state index is 14.5. The molecule has 168 valence electrons. The molecule has 0 spiro atoms. The van der Waals surface area contributed by atoms with Crippen LogP contribution in [-0.2, 0) is 0 Å². The van der Waals surface area contributed by atoms with Crippen LogP contribution in [0.1, 0.15) is 20.8 Å². The number of fused-ring (bicyclic) bond motifs is 1. The molecule has 3 aromatic heterocycles. The molecule has 0 fully saturated rings. The lowest BCUT2D eigenvalue weighted by molar-refractivity contribution is 0.101. The van der Waals surface area contributed by atoms with E-state index in [1.807, 2.05) is 36.4 Å². The molecule has 0 saturated carbocycles. The van der Waals surface area contributed by atoms with Gasteiger partial charge in [-0.25, -0.2) is 14.1 Å². The number of aromatic nitrogens is 4. The van der Waals surface area contributed by atoms with Crippen LogP contribution in [0.3, 0.4) is 0 Å². The fraction of sp³-hybridized carbons (Fsp3) is 0. The summed E-state index contributed by atoms with van der Waals surface area (Å²) < 4.78 is 16.1. The van der Waals surface area contributed by atoms with Crippen LogP contribution in [0.4, 0.5) is 15.8 Å². The van der Waals surface area contributed by atoms with Crippen molar-refractivity contribution in [2.75, 3.05) is 10.6 Å². The number of rotatable bonds is 5. The smallest absolute Gasteiger partial charge is 0.276 e. The first-order valence-electron chi connectivity index (χ1n) is 10.1. The van der Waals surface area contributed by atoms with Crippen molar-refractivity contribution in [1.82, 2.24) is 19.7 Å². The van der Waals surface area contributed by atoms with E-state index in [-0.39, 0.29) is 22.0 Å². The van der Waals surface area contributed by atoms with Gasteiger partial charge in [0.15, 0.2) is 5.69 Å². The highest BCUT2D eigenvalue weighted by atomic mass is 35.5. The minimum atomic E-state index is -0.784. The molecule has 0 bridgehead atoms. The lowest BCUT2D eigenvalue weighted by atomic mass is 10.1. The summed E-state index contributed by atoms with van der Waals surface area (Å²) in [7, 11) is 0. The normalized spacial score (nSPS) is 10.9. The molecule has 0 aliphatic rings. The molecule has 2 aromatic carbocycles. The van der Waals surface area contributed by atoms with Crippen LogP contribution in [0, 0.1) is 5.82 Å². The summed E-state index contributed by atoms with van der Waals surface area (Å²) in [6, 6.07) is 16.4. The number of H-pyrrole nitrogens is 1. The van der Waals surface area contributed by atoms with Gasteiger partial charge in [-0.2, -0.15) is 5.10 Å². The molecule has 10 heteroatoms. The maximum atomic E-state index is 14.5. The number of amides is 2. The lowest BCUT2D eigenvalue weighted by Crippen LogP contribution is -2.17. The zero-order chi connectivity index (χ0) is 23.7. The minimum Gasteiger partial charge on any atom is -0.346 e. The number of nitrogens with zero attached hydrogens (tertiary/aromatic N) is 3. The molecule has 0 atom stereocenters. The van der Waals surface area contributed by atoms with Crippen molar-refractivity contribution in [3.8, 4) is 5.69 Å². The van der Waals surface area contributed by atoms with Crippen molar-refractivity contribution in [2.45, 2.75) is 0 Å². The average Bonchev–Trinajstić information content (AvgIpc) is 3.51. The third kappa shape index (κ3) is 4.24. The zero-order valence-corrected chi connectivity index (χ0v) is 18.2. The molecule has 3 N–H and O–H groups in total. The van der Waals surface area contributed by atoms with Crippen LogP contribution in [-0.4, -0.2) is 31.6 Å². The second-order valence-electron chi connectivity index (χ2n) is 7.34. The van der Waals surface area contributed by atoms with Crippen molar-refractivity contribution in [1.29, 1.82) is 0 Å². The van der Waals surface area contributed by atoms with E-state index < -0.39 is 17.6 Å². The van der Waals surface area contributed by atoms with Gasteiger partial charge in [-0.1, -0.05) is 29.8 Å². The van der Waals surface area contributed by atoms with Gasteiger partial charge >= 0.3 is 0 Å². The number of carbonyl (C=O) groups is 2. The number of carbonyl (C=O) groups excluding carboxylic acids is 2. The van der Waals surface area contributed by atoms with Crippen molar-refractivity contribution < 1.29 is 14.0 Å². The number of aromatic amines is 1. The first-order valence-corrected chi connectivity index (χ1v) is 10.5. The highest BCUT2D eigenvalue weighted by molar-refractivity contribution is 6.34. The van der Waals surface area contributed by atoms with E-state index in [0.717, 1.165) is 17.1 Å². The molecule has 0 radical (unpaired) electrons. The first kappa shape index (κ1) is 21.4. The standard InChI is InChI=1S/C24H16ClFN6O2/c25-18-12-19(26)21(30-24(34)20-7-9-32(31-20)16-4-2-1-3-5-16)11-17(18)23(33)29-15-10-14-6-8-27-22(14)28-13-15/h1-13H,(H,27,28)(H,29,33)(H,30,34). The second-order valence-corrected chi connectivity index (χ2v) is 7.75. The topological polar surface area (TPSA) is 105 Å². The number of halogens is 2. The Morgan fingerprint density at radius 2 is 1.82 bits per heavy atom. The Balaban J connectivity index is 1.36. The molecule has 2 amide bonds. The van der Waals surface area contributed by atoms with E-state index in [4.69, 9.17) is 11.6 Å². The molecule has 0 aliphatic heterocycles. The molecule has 5 rings (SSSR count). The van der Waals surface area contributed by atoms with Gasteiger partial charge in [0, 0.05) is 17.8 Å². The summed E-state index contributed by atoms with van der Waals surface area (Å²) in [5.41, 5.74) is 1.75. The van der Waals surface area contributed by atoms with E-state index >= 15 is 0 Å². The van der Waals surface area contributed by atoms with E-state index in [9.17, 15) is 14.0 Å². The summed E-state index contributed by atoms with van der Waals surface area (Å²) in [6.07, 6.45) is 4.84. The van der Waals surface area contributed by atoms with Gasteiger partial charge in [-0.15, -0.1) is 0 Å². The number of benzene rings is 2. The van der Waals surface area contributed by atoms with Crippen LogP contribution in [0.15, 0.2) is 79.3 Å². The van der Waals surface area contributed by atoms with Gasteiger partial charge in [-0.3, -0.25) is 9.59 Å². The van der Waals surface area contributed by atoms with Crippen molar-refractivity contribution in [3.63, 3.8) is 0 Å². The van der Waals surface area contributed by atoms with Gasteiger partial charge in [-0.05, 0) is 42.5 Å². The molecule has 5 aromatic rings. The summed E-state index contributed by atoms with van der Waals surface area (Å²) in [5, 5.41) is 10.1. The average molecular weight is 475 g/mol. The minimum absolute atomic E-state index is 0.0117. The highest BCUT2D eigenvalue weighted by Crippen LogP contribution is 2.26. The number of hydrogen-bond acceptors (Lipinski definition) is 4. The van der Waals surface area contributed by atoms with Gasteiger partial charge in [0.2, 0.25) is 0 Å². The number of anilines is 2. The van der Waals surface area contributed by atoms with Gasteiger partial charge in [0.1, 0.15) is 11.5 Å². The largest absolute Gasteiger partial charge is 0.346 e. The summed E-state index contributed by atoms with van der Waals surface area (Å²) in [4.78, 5) is 32.6. The van der Waals surface area contributed by atoms with Crippen LogP contribution >= 0.6 is 11.6 Å². The molecule has 8 nitrogen and oxygen atoms in total. The Labute approximate surface area is 197 Å². The van der Waals surface area contributed by atoms with Crippen LogP contribution in [0.25, 0.3) is 16.7 Å². The Kier molecular flexibility index (Phi) is 5.52. The van der Waals surface area contributed by atoms with Crippen LogP contribution in [0.5, 0.6) is 0 Å². The molecular weight excluding hydrogens is 459 g/mol. The third-order valence-electron chi connectivity index (χ3n) is 5.05. The van der Waals surface area contributed by atoms with Gasteiger partial charge in [0.25, 0.3) is 11.8 Å². The lowest BCUT2D eigenvalue weighted by Gasteiger charge is -2.11. The second kappa shape index (κ2) is 8.80. The molecule has 3 heterocycles. The predicted molar refractivity (Wildman–Crippen MR) is 127 cm³/mol. The fourth-order valence-electron chi connectivity index (χ4n) is 3.38. The Hall–Kier alpha value is -4.50. The van der Waals surface area contributed by atoms with Gasteiger partial charge < -0.3 is 15.6 Å². The highest BCUT2D eigenvalue weighted by Gasteiger charge is 2.18. The SMILES string of the molecule is O=C(Nc1cc(C(=O)Nc2cnc3[nH]ccc3c2)c(Cl)cc1F)c1ccn(-c2ccccc2)n1. The van der Waals surface area contributed by atoms with E-state index in [2.05, 4.69) is 25.7 Å². The fourth-order valence-corrected chi connectivity index (χ4v) is 3.62. The zero-order valence-electron chi connectivity index (χ0n) is 17.4. The number of nitrogens with one attached hydrogen (secondary N) is 3. The molecule has 0 unspecified atom stereocenters. The van der Waals surface area contributed by atoms with Crippen molar-refractivity contribution >= 4 is 45.8 Å². The quantitative estimate of drug-likeness (QED) is 0.331. The Morgan fingerprint density at radius 3 is 2.65 bits per heavy atom. The predicted octanol–water partition coefficient (Wildman–Crippen LogP) is 5.05. The van der Waals surface area contributed by atoms with E-state index in [1.165, 1.54) is 23.0 Å². The summed E-state index contributed by atoms with van der Waals surface area (Å²) >= 11 is 6.12. The number of hydrogen-bond donors (Lipinski definition) is 3. The summed E-state index contributed by atoms with van der Waals surface area (Å²) in [5.74, 6) is -2.00. The first-order chi connectivity index (χ1) is 16.5. The van der Waals surface area contributed by atoms with E-state index in [1.54, 1.807) is 18.5 Å². The van der Waals surface area contributed by atoms with Gasteiger partial charge in [0.05, 0.1) is 33.8 Å². The van der Waals surface area contributed by atoms with Crippen molar-refractivity contribution in [2.24, 2.45) is 0 Å².